The number of rotatable bonds is 2. The van der Waals surface area contributed by atoms with Crippen molar-refractivity contribution < 1.29 is 18.7 Å². The fraction of sp³-hybridized carbons (Fsp3) is 0.417. The summed E-state index contributed by atoms with van der Waals surface area (Å²) in [6, 6.07) is 4.15. The number of nitrogens with one attached hydrogen (secondary N) is 1. The molecule has 0 unspecified atom stereocenters. The lowest BCUT2D eigenvalue weighted by molar-refractivity contribution is 0.0635. The van der Waals surface area contributed by atoms with Crippen molar-refractivity contribution >= 4 is 11.8 Å². The third-order valence-corrected chi connectivity index (χ3v) is 1.81. The molecule has 94 valence electrons. The maximum atomic E-state index is 13.5. The molecule has 0 spiro atoms. The number of benzene rings is 1. The van der Waals surface area contributed by atoms with Gasteiger partial charge in [-0.1, -0.05) is 0 Å². The van der Waals surface area contributed by atoms with Crippen molar-refractivity contribution in [3.8, 4) is 5.75 Å². The molecule has 0 saturated carbocycles. The van der Waals surface area contributed by atoms with E-state index < -0.39 is 17.5 Å². The van der Waals surface area contributed by atoms with E-state index in [9.17, 15) is 9.18 Å². The normalized spacial score (nSPS) is 10.9. The SMILES string of the molecule is COc1ccc(NC(=O)OC(C)(C)C)c(F)c1. The van der Waals surface area contributed by atoms with Gasteiger partial charge in [-0.2, -0.15) is 0 Å². The summed E-state index contributed by atoms with van der Waals surface area (Å²) in [6.07, 6.45) is -0.693. The summed E-state index contributed by atoms with van der Waals surface area (Å²) in [7, 11) is 1.44. The van der Waals surface area contributed by atoms with Gasteiger partial charge in [0.25, 0.3) is 0 Å². The Hall–Kier alpha value is -1.78. The van der Waals surface area contributed by atoms with Gasteiger partial charge in [-0.25, -0.2) is 9.18 Å². The van der Waals surface area contributed by atoms with Crippen LogP contribution in [0.2, 0.25) is 0 Å². The van der Waals surface area contributed by atoms with Crippen molar-refractivity contribution in [2.75, 3.05) is 12.4 Å². The molecule has 17 heavy (non-hydrogen) atoms. The average molecular weight is 241 g/mol. The minimum Gasteiger partial charge on any atom is -0.497 e. The zero-order valence-corrected chi connectivity index (χ0v) is 10.3. The number of hydrogen-bond donors (Lipinski definition) is 1. The molecule has 1 amide bonds. The van der Waals surface area contributed by atoms with Crippen molar-refractivity contribution in [2.24, 2.45) is 0 Å². The van der Waals surface area contributed by atoms with Crippen LogP contribution in [0.3, 0.4) is 0 Å². The minimum atomic E-state index is -0.693. The van der Waals surface area contributed by atoms with E-state index in [0.29, 0.717) is 5.75 Å². The Labute approximate surface area is 99.7 Å². The number of amides is 1. The summed E-state index contributed by atoms with van der Waals surface area (Å²) in [5.41, 5.74) is -0.562. The predicted molar refractivity (Wildman–Crippen MR) is 62.8 cm³/mol. The highest BCUT2D eigenvalue weighted by Crippen LogP contribution is 2.21. The van der Waals surface area contributed by atoms with Gasteiger partial charge in [-0.15, -0.1) is 0 Å². The van der Waals surface area contributed by atoms with Crippen molar-refractivity contribution in [1.29, 1.82) is 0 Å². The van der Waals surface area contributed by atoms with Crippen LogP contribution >= 0.6 is 0 Å². The molecule has 0 aliphatic heterocycles. The second-order valence-electron chi connectivity index (χ2n) is 4.47. The van der Waals surface area contributed by atoms with Gasteiger partial charge >= 0.3 is 6.09 Å². The molecule has 0 fully saturated rings. The van der Waals surface area contributed by atoms with Gasteiger partial charge in [0.1, 0.15) is 11.4 Å². The van der Waals surface area contributed by atoms with E-state index >= 15 is 0 Å². The van der Waals surface area contributed by atoms with Crippen LogP contribution in [0, 0.1) is 5.82 Å². The summed E-state index contributed by atoms with van der Waals surface area (Å²) in [5, 5.41) is 2.33. The summed E-state index contributed by atoms with van der Waals surface area (Å²) in [6.45, 7) is 5.20. The quantitative estimate of drug-likeness (QED) is 0.865. The lowest BCUT2D eigenvalue weighted by Crippen LogP contribution is -2.27. The van der Waals surface area contributed by atoms with E-state index in [1.165, 1.54) is 19.2 Å². The number of ether oxygens (including phenoxy) is 2. The summed E-state index contributed by atoms with van der Waals surface area (Å²) in [5.74, 6) is -0.188. The van der Waals surface area contributed by atoms with E-state index in [2.05, 4.69) is 5.32 Å². The van der Waals surface area contributed by atoms with E-state index in [4.69, 9.17) is 9.47 Å². The van der Waals surface area contributed by atoms with Crippen molar-refractivity contribution in [3.05, 3.63) is 24.0 Å². The Balaban J connectivity index is 2.72. The molecule has 0 aliphatic carbocycles. The van der Waals surface area contributed by atoms with Gasteiger partial charge in [-0.3, -0.25) is 5.32 Å². The van der Waals surface area contributed by atoms with E-state index in [0.717, 1.165) is 0 Å². The molecule has 0 aromatic heterocycles. The van der Waals surface area contributed by atoms with Crippen LogP contribution in [-0.2, 0) is 4.74 Å². The average Bonchev–Trinajstić information content (AvgIpc) is 2.18. The van der Waals surface area contributed by atoms with Gasteiger partial charge in [-0.05, 0) is 32.9 Å². The highest BCUT2D eigenvalue weighted by molar-refractivity contribution is 5.85. The molecule has 5 heteroatoms. The molecular formula is C12H16FNO3. The second kappa shape index (κ2) is 5.03. The maximum absolute atomic E-state index is 13.5. The maximum Gasteiger partial charge on any atom is 0.412 e. The molecule has 0 aliphatic rings. The van der Waals surface area contributed by atoms with E-state index in [-0.39, 0.29) is 5.69 Å². The number of hydrogen-bond acceptors (Lipinski definition) is 3. The first-order chi connectivity index (χ1) is 7.81. The molecule has 1 aromatic rings. The lowest BCUT2D eigenvalue weighted by atomic mass is 10.2. The topological polar surface area (TPSA) is 47.6 Å². The molecule has 0 heterocycles. The summed E-state index contributed by atoms with van der Waals surface area (Å²) < 4.78 is 23.3. The molecule has 0 saturated heterocycles. The zero-order chi connectivity index (χ0) is 13.1. The van der Waals surface area contributed by atoms with Crippen LogP contribution in [0.15, 0.2) is 18.2 Å². The highest BCUT2D eigenvalue weighted by Gasteiger charge is 2.17. The van der Waals surface area contributed by atoms with Crippen molar-refractivity contribution in [1.82, 2.24) is 0 Å². The minimum absolute atomic E-state index is 0.0556. The highest BCUT2D eigenvalue weighted by atomic mass is 19.1. The first-order valence-electron chi connectivity index (χ1n) is 5.15. The Kier molecular flexibility index (Phi) is 3.93. The molecule has 1 rings (SSSR count). The van der Waals surface area contributed by atoms with Crippen LogP contribution < -0.4 is 10.1 Å². The number of anilines is 1. The second-order valence-corrected chi connectivity index (χ2v) is 4.47. The monoisotopic (exact) mass is 241 g/mol. The number of carbonyl (C=O) groups is 1. The smallest absolute Gasteiger partial charge is 0.412 e. The van der Waals surface area contributed by atoms with Crippen molar-refractivity contribution in [2.45, 2.75) is 26.4 Å². The Morgan fingerprint density at radius 1 is 1.35 bits per heavy atom. The van der Waals surface area contributed by atoms with Gasteiger partial charge < -0.3 is 9.47 Å². The summed E-state index contributed by atoms with van der Waals surface area (Å²) >= 11 is 0. The van der Waals surface area contributed by atoms with E-state index in [1.54, 1.807) is 26.8 Å². The first-order valence-corrected chi connectivity index (χ1v) is 5.15. The van der Waals surface area contributed by atoms with Gasteiger partial charge in [0.2, 0.25) is 0 Å². The molecule has 1 N–H and O–H groups in total. The Morgan fingerprint density at radius 2 is 2.00 bits per heavy atom. The van der Waals surface area contributed by atoms with Crippen molar-refractivity contribution in [3.63, 3.8) is 0 Å². The van der Waals surface area contributed by atoms with Gasteiger partial charge in [0, 0.05) is 6.07 Å². The van der Waals surface area contributed by atoms with E-state index in [1.807, 2.05) is 0 Å². The van der Waals surface area contributed by atoms with Gasteiger partial charge in [0.15, 0.2) is 5.82 Å². The predicted octanol–water partition coefficient (Wildman–Crippen LogP) is 3.18. The molecular weight excluding hydrogens is 225 g/mol. The third kappa shape index (κ3) is 4.30. The van der Waals surface area contributed by atoms with Gasteiger partial charge in [0.05, 0.1) is 12.8 Å². The van der Waals surface area contributed by atoms with Crippen LogP contribution in [-0.4, -0.2) is 18.8 Å². The Bertz CT molecular complexity index is 413. The van der Waals surface area contributed by atoms with Crippen LogP contribution in [0.4, 0.5) is 14.9 Å². The Morgan fingerprint density at radius 3 is 2.47 bits per heavy atom. The molecule has 4 nitrogen and oxygen atoms in total. The number of methoxy groups -OCH3 is 1. The molecule has 0 radical (unpaired) electrons. The first kappa shape index (κ1) is 13.3. The fourth-order valence-corrected chi connectivity index (χ4v) is 1.14. The van der Waals surface area contributed by atoms with Crippen LogP contribution in [0.1, 0.15) is 20.8 Å². The van der Waals surface area contributed by atoms with Crippen LogP contribution in [0.25, 0.3) is 0 Å². The molecule has 1 aromatic carbocycles. The third-order valence-electron chi connectivity index (χ3n) is 1.81. The zero-order valence-electron chi connectivity index (χ0n) is 10.3. The number of carbonyl (C=O) groups excluding carboxylic acids is 1. The van der Waals surface area contributed by atoms with Crippen LogP contribution in [0.5, 0.6) is 5.75 Å². The number of halogens is 1. The standard InChI is InChI=1S/C12H16FNO3/c1-12(2,3)17-11(15)14-10-6-5-8(16-4)7-9(10)13/h5-7H,1-4H3,(H,14,15). The lowest BCUT2D eigenvalue weighted by Gasteiger charge is -2.19. The summed E-state index contributed by atoms with van der Waals surface area (Å²) in [4.78, 5) is 11.4. The fourth-order valence-electron chi connectivity index (χ4n) is 1.14. The molecule has 0 bridgehead atoms. The molecule has 0 atom stereocenters. The largest absolute Gasteiger partial charge is 0.497 e.